The van der Waals surface area contributed by atoms with E-state index in [1.54, 1.807) is 6.07 Å². The largest absolute Gasteiger partial charge is 0.506 e. The number of aryl methyl sites for hydroxylation is 1. The summed E-state index contributed by atoms with van der Waals surface area (Å²) in [5.41, 5.74) is 5.36. The van der Waals surface area contributed by atoms with Crippen LogP contribution in [0.1, 0.15) is 30.7 Å². The zero-order valence-electron chi connectivity index (χ0n) is 19.7. The summed E-state index contributed by atoms with van der Waals surface area (Å²) >= 11 is 0. The summed E-state index contributed by atoms with van der Waals surface area (Å²) in [7, 11) is 0. The van der Waals surface area contributed by atoms with E-state index in [2.05, 4.69) is 78.9 Å². The van der Waals surface area contributed by atoms with Crippen LogP contribution in [0, 0.1) is 13.0 Å². The molecule has 0 saturated carbocycles. The maximum atomic E-state index is 10.4. The number of hydrogen-bond acceptors (Lipinski definition) is 3. The molecule has 0 amide bonds. The normalized spacial score (nSPS) is 11.7. The third kappa shape index (κ3) is 3.73. The molecular formula is C30H24N3OPt-. The second kappa shape index (κ2) is 8.62. The second-order valence-electron chi connectivity index (χ2n) is 9.35. The number of para-hydroxylation sites is 2. The van der Waals surface area contributed by atoms with E-state index >= 15 is 0 Å². The van der Waals surface area contributed by atoms with Gasteiger partial charge in [0.05, 0.1) is 0 Å². The van der Waals surface area contributed by atoms with Gasteiger partial charge in [0.25, 0.3) is 0 Å². The molecular weight excluding hydrogens is 613 g/mol. The van der Waals surface area contributed by atoms with Crippen molar-refractivity contribution in [3.8, 4) is 11.6 Å². The summed E-state index contributed by atoms with van der Waals surface area (Å²) in [6, 6.07) is 30.1. The Bertz CT molecular complexity index is 1720. The standard InChI is InChI=1S/C30H24N3O.Pt/c1-19-15-16-31-28(17-19)33-24-9-5-4-8-22(24)23-13-12-21(18-25(23)33)30(2,3)27-14-11-20-7-6-10-26(34)29(20)32-27;/h4-17,34H,1-3H3;/q-1;. The third-order valence-electron chi connectivity index (χ3n) is 6.73. The van der Waals surface area contributed by atoms with Crippen LogP contribution in [-0.4, -0.2) is 19.6 Å². The number of aromatic hydroxyl groups is 1. The molecule has 6 aromatic rings. The molecule has 3 aromatic heterocycles. The van der Waals surface area contributed by atoms with Crippen LogP contribution in [0.3, 0.4) is 0 Å². The summed E-state index contributed by atoms with van der Waals surface area (Å²) in [5.74, 6) is 1.08. The van der Waals surface area contributed by atoms with Crippen LogP contribution >= 0.6 is 0 Å². The van der Waals surface area contributed by atoms with Gasteiger partial charge in [-0.05, 0) is 48.2 Å². The SMILES string of the molecule is Cc1ccnc(-n2c3[c-]c(C(C)(C)c4ccc5cccc(O)c5n4)ccc3c3ccccc32)c1.[Pt]. The molecule has 0 saturated heterocycles. The van der Waals surface area contributed by atoms with Gasteiger partial charge in [0.2, 0.25) is 0 Å². The molecule has 4 nitrogen and oxygen atoms in total. The Labute approximate surface area is 218 Å². The Balaban J connectivity index is 0.00000253. The van der Waals surface area contributed by atoms with Crippen LogP contribution in [-0.2, 0) is 26.5 Å². The van der Waals surface area contributed by atoms with Crippen molar-refractivity contribution in [2.24, 2.45) is 0 Å². The Morgan fingerprint density at radius 1 is 0.886 bits per heavy atom. The molecule has 35 heavy (non-hydrogen) atoms. The number of phenolic OH excluding ortho intramolecular Hbond substituents is 1. The van der Waals surface area contributed by atoms with Crippen molar-refractivity contribution in [2.45, 2.75) is 26.2 Å². The van der Waals surface area contributed by atoms with Crippen LogP contribution in [0.25, 0.3) is 38.5 Å². The zero-order valence-corrected chi connectivity index (χ0v) is 22.0. The van der Waals surface area contributed by atoms with Gasteiger partial charge >= 0.3 is 0 Å². The minimum atomic E-state index is -0.425. The number of fused-ring (bicyclic) bond motifs is 4. The van der Waals surface area contributed by atoms with E-state index in [-0.39, 0.29) is 26.8 Å². The first-order chi connectivity index (χ1) is 16.4. The molecule has 1 N–H and O–H groups in total. The maximum absolute atomic E-state index is 10.4. The van der Waals surface area contributed by atoms with Gasteiger partial charge in [-0.1, -0.05) is 55.8 Å². The molecule has 5 heteroatoms. The van der Waals surface area contributed by atoms with Gasteiger partial charge in [-0.3, -0.25) is 0 Å². The number of nitrogens with zero attached hydrogens (tertiary/aromatic N) is 3. The van der Waals surface area contributed by atoms with Crippen molar-refractivity contribution in [1.29, 1.82) is 0 Å². The average molecular weight is 638 g/mol. The Morgan fingerprint density at radius 2 is 1.71 bits per heavy atom. The number of pyridine rings is 2. The Hall–Kier alpha value is -3.49. The summed E-state index contributed by atoms with van der Waals surface area (Å²) in [6.07, 6.45) is 1.85. The molecule has 6 rings (SSSR count). The molecule has 0 aliphatic carbocycles. The van der Waals surface area contributed by atoms with E-state index in [9.17, 15) is 5.11 Å². The van der Waals surface area contributed by atoms with Crippen LogP contribution in [0.15, 0.2) is 85.1 Å². The van der Waals surface area contributed by atoms with Gasteiger partial charge in [0.1, 0.15) is 17.1 Å². The van der Waals surface area contributed by atoms with E-state index in [0.29, 0.717) is 5.52 Å². The maximum Gasteiger partial charge on any atom is 0.141 e. The number of rotatable bonds is 3. The Kier molecular flexibility index (Phi) is 5.73. The third-order valence-corrected chi connectivity index (χ3v) is 6.73. The smallest absolute Gasteiger partial charge is 0.141 e. The molecule has 0 aliphatic heterocycles. The summed E-state index contributed by atoms with van der Waals surface area (Å²) < 4.78 is 2.19. The van der Waals surface area contributed by atoms with Crippen molar-refractivity contribution < 1.29 is 26.2 Å². The summed E-state index contributed by atoms with van der Waals surface area (Å²) in [5, 5.41) is 13.6. The van der Waals surface area contributed by atoms with Crippen LogP contribution in [0.4, 0.5) is 0 Å². The minimum Gasteiger partial charge on any atom is -0.506 e. The fraction of sp³-hybridized carbons (Fsp3) is 0.133. The van der Waals surface area contributed by atoms with Gasteiger partial charge in [-0.25, -0.2) is 9.97 Å². The first-order valence-electron chi connectivity index (χ1n) is 11.4. The molecule has 0 radical (unpaired) electrons. The second-order valence-corrected chi connectivity index (χ2v) is 9.35. The van der Waals surface area contributed by atoms with Crippen LogP contribution in [0.2, 0.25) is 0 Å². The number of benzene rings is 3. The van der Waals surface area contributed by atoms with Crippen molar-refractivity contribution >= 4 is 32.7 Å². The topological polar surface area (TPSA) is 50.9 Å². The van der Waals surface area contributed by atoms with E-state index in [4.69, 9.17) is 4.98 Å². The first-order valence-corrected chi connectivity index (χ1v) is 11.4. The van der Waals surface area contributed by atoms with E-state index < -0.39 is 5.41 Å². The van der Waals surface area contributed by atoms with Gasteiger partial charge in [0, 0.05) is 49.3 Å². The average Bonchev–Trinajstić information content (AvgIpc) is 3.18. The van der Waals surface area contributed by atoms with E-state index in [1.807, 2.05) is 36.5 Å². The molecule has 0 atom stereocenters. The van der Waals surface area contributed by atoms with Gasteiger partial charge < -0.3 is 9.67 Å². The number of phenols is 1. The predicted molar refractivity (Wildman–Crippen MR) is 138 cm³/mol. The quantitative estimate of drug-likeness (QED) is 0.216. The molecule has 0 unspecified atom stereocenters. The number of aromatic nitrogens is 3. The van der Waals surface area contributed by atoms with Crippen LogP contribution < -0.4 is 0 Å². The van der Waals surface area contributed by atoms with Crippen molar-refractivity contribution in [2.75, 3.05) is 0 Å². The molecule has 0 spiro atoms. The number of hydrogen-bond donors (Lipinski definition) is 1. The fourth-order valence-corrected chi connectivity index (χ4v) is 4.76. The van der Waals surface area contributed by atoms with Gasteiger partial charge in [0.15, 0.2) is 0 Å². The monoisotopic (exact) mass is 637 g/mol. The van der Waals surface area contributed by atoms with Gasteiger partial charge in [-0.15, -0.1) is 10.9 Å². The molecule has 3 aromatic carbocycles. The van der Waals surface area contributed by atoms with Crippen LogP contribution in [0.5, 0.6) is 5.75 Å². The molecule has 176 valence electrons. The summed E-state index contributed by atoms with van der Waals surface area (Å²) in [4.78, 5) is 9.53. The van der Waals surface area contributed by atoms with Crippen molar-refractivity contribution in [3.63, 3.8) is 0 Å². The van der Waals surface area contributed by atoms with Crippen molar-refractivity contribution in [1.82, 2.24) is 14.5 Å². The molecule has 0 fully saturated rings. The minimum absolute atomic E-state index is 0. The fourth-order valence-electron chi connectivity index (χ4n) is 4.76. The molecule has 0 aliphatic rings. The molecule has 3 heterocycles. The van der Waals surface area contributed by atoms with E-state index in [1.165, 1.54) is 5.39 Å². The van der Waals surface area contributed by atoms with E-state index in [0.717, 1.165) is 44.4 Å². The first kappa shape index (κ1) is 23.3. The van der Waals surface area contributed by atoms with Gasteiger partial charge in [-0.2, -0.15) is 18.2 Å². The Morgan fingerprint density at radius 3 is 2.54 bits per heavy atom. The van der Waals surface area contributed by atoms with Crippen molar-refractivity contribution in [3.05, 3.63) is 108 Å². The molecule has 0 bridgehead atoms. The predicted octanol–water partition coefficient (Wildman–Crippen LogP) is 6.86. The zero-order chi connectivity index (χ0) is 23.4. The summed E-state index contributed by atoms with van der Waals surface area (Å²) in [6.45, 7) is 6.38.